The van der Waals surface area contributed by atoms with Crippen LogP contribution in [0.3, 0.4) is 0 Å². The second kappa shape index (κ2) is 12.4. The number of likely N-dealkylation sites (tertiary alicyclic amines) is 1. The van der Waals surface area contributed by atoms with Crippen LogP contribution in [0.4, 0.5) is 27.6 Å². The molecule has 0 spiro atoms. The van der Waals surface area contributed by atoms with E-state index in [1.807, 2.05) is 42.6 Å². The molecule has 0 amide bonds. The first-order valence-corrected chi connectivity index (χ1v) is 16.4. The third kappa shape index (κ3) is 6.85. The molecule has 5 rings (SSSR count). The van der Waals surface area contributed by atoms with Gasteiger partial charge in [-0.2, -0.15) is 22.0 Å². The van der Waals surface area contributed by atoms with Crippen LogP contribution >= 0.6 is 0 Å². The lowest BCUT2D eigenvalue weighted by Crippen LogP contribution is -2.52. The molecule has 14 heteroatoms. The Bertz CT molecular complexity index is 1390. The van der Waals surface area contributed by atoms with E-state index in [2.05, 4.69) is 20.1 Å². The van der Waals surface area contributed by atoms with Crippen LogP contribution < -0.4 is 4.31 Å². The zero-order chi connectivity index (χ0) is 30.1. The maximum absolute atomic E-state index is 14.6. The first-order valence-electron chi connectivity index (χ1n) is 14.2. The van der Waals surface area contributed by atoms with Gasteiger partial charge in [-0.25, -0.2) is 0 Å². The number of alkyl halides is 5. The molecule has 0 bridgehead atoms. The highest BCUT2D eigenvalue weighted by Crippen LogP contribution is 2.40. The quantitative estimate of drug-likeness (QED) is 0.208. The van der Waals surface area contributed by atoms with E-state index in [1.165, 1.54) is 6.20 Å². The van der Waals surface area contributed by atoms with Gasteiger partial charge in [-0.05, 0) is 88.4 Å². The van der Waals surface area contributed by atoms with Crippen LogP contribution in [0.1, 0.15) is 62.1 Å². The third-order valence-electron chi connectivity index (χ3n) is 8.64. The summed E-state index contributed by atoms with van der Waals surface area (Å²) in [5, 5.41) is 6.94. The smallest absolute Gasteiger partial charge is 0.391 e. The van der Waals surface area contributed by atoms with Crippen molar-refractivity contribution in [3.63, 3.8) is 0 Å². The SMILES string of the molecule is B[SH](=O)(C1CCN([C@H]2CC[C@H](C(F)(F)F)CC2)CC1)N(Cc1ccc(-c2nnc(C(F)F)o2)cn1)c1cccc(C)c1. The molecule has 3 heterocycles. The van der Waals surface area contributed by atoms with E-state index in [-0.39, 0.29) is 36.6 Å². The van der Waals surface area contributed by atoms with Crippen molar-refractivity contribution in [1.29, 1.82) is 0 Å². The number of hydrogen-bond donors (Lipinski definition) is 1. The van der Waals surface area contributed by atoms with E-state index in [0.717, 1.165) is 11.3 Å². The normalized spacial score (nSPS) is 21.5. The van der Waals surface area contributed by atoms with Crippen molar-refractivity contribution in [3.8, 4) is 11.5 Å². The fourth-order valence-corrected chi connectivity index (χ4v) is 8.77. The molecule has 228 valence electrons. The number of pyridine rings is 1. The fourth-order valence-electron chi connectivity index (χ4n) is 6.18. The zero-order valence-electron chi connectivity index (χ0n) is 23.6. The minimum absolute atomic E-state index is 0.0558. The van der Waals surface area contributed by atoms with Gasteiger partial charge < -0.3 is 13.6 Å². The van der Waals surface area contributed by atoms with Crippen molar-refractivity contribution in [2.24, 2.45) is 5.92 Å². The molecule has 3 aromatic rings. The molecule has 1 saturated carbocycles. The molecule has 7 nitrogen and oxygen atoms in total. The molecule has 2 aliphatic rings. The summed E-state index contributed by atoms with van der Waals surface area (Å²) in [5.74, 6) is -2.01. The van der Waals surface area contributed by atoms with Gasteiger partial charge in [0.25, 0.3) is 5.89 Å². The molecule has 42 heavy (non-hydrogen) atoms. The van der Waals surface area contributed by atoms with E-state index in [4.69, 9.17) is 4.42 Å². The maximum atomic E-state index is 14.6. The summed E-state index contributed by atoms with van der Waals surface area (Å²) in [6.45, 7) is 3.66. The highest BCUT2D eigenvalue weighted by Gasteiger charge is 2.43. The van der Waals surface area contributed by atoms with Gasteiger partial charge in [0, 0.05) is 23.2 Å². The molecule has 0 unspecified atom stereocenters. The van der Waals surface area contributed by atoms with Crippen molar-refractivity contribution in [2.75, 3.05) is 17.4 Å². The fraction of sp³-hybridized carbons (Fsp3) is 0.536. The third-order valence-corrected chi connectivity index (χ3v) is 11.8. The summed E-state index contributed by atoms with van der Waals surface area (Å²) >= 11 is 0. The van der Waals surface area contributed by atoms with Crippen LogP contribution in [0.25, 0.3) is 11.5 Å². The summed E-state index contributed by atoms with van der Waals surface area (Å²) in [6, 6.07) is 11.3. The second-order valence-electron chi connectivity index (χ2n) is 11.4. The Morgan fingerprint density at radius 1 is 1.07 bits per heavy atom. The molecule has 2 aromatic heterocycles. The highest BCUT2D eigenvalue weighted by atomic mass is 32.2. The van der Waals surface area contributed by atoms with Gasteiger partial charge in [-0.1, -0.05) is 22.1 Å². The topological polar surface area (TPSA) is 75.4 Å². The Labute approximate surface area is 243 Å². The van der Waals surface area contributed by atoms with E-state index in [0.29, 0.717) is 50.0 Å². The average molecular weight is 611 g/mol. The van der Waals surface area contributed by atoms with E-state index < -0.39 is 34.4 Å². The number of anilines is 1. The van der Waals surface area contributed by atoms with E-state index in [1.54, 1.807) is 12.1 Å². The number of nitrogens with zero attached hydrogens (tertiary/aromatic N) is 5. The Balaban J connectivity index is 1.29. The lowest BCUT2D eigenvalue weighted by molar-refractivity contribution is -0.184. The first kappa shape index (κ1) is 30.6. The monoisotopic (exact) mass is 611 g/mol. The van der Waals surface area contributed by atoms with Gasteiger partial charge in [0.1, 0.15) is 0 Å². The summed E-state index contributed by atoms with van der Waals surface area (Å²) in [5.41, 5.74) is 2.88. The predicted octanol–water partition coefficient (Wildman–Crippen LogP) is 5.45. The Hall–Kier alpha value is -2.87. The second-order valence-corrected chi connectivity index (χ2v) is 14.5. The number of hydrogen-bond acceptors (Lipinski definition) is 6. The number of rotatable bonds is 8. The van der Waals surface area contributed by atoms with E-state index >= 15 is 0 Å². The van der Waals surface area contributed by atoms with Crippen molar-refractivity contribution < 1.29 is 30.6 Å². The molecule has 1 saturated heterocycles. The molecule has 0 radical (unpaired) electrons. The summed E-state index contributed by atoms with van der Waals surface area (Å²) < 4.78 is 86.6. The Kier molecular flexibility index (Phi) is 9.03. The molecular formula is C28H35BF5N5O2S. The van der Waals surface area contributed by atoms with Crippen molar-refractivity contribution in [2.45, 2.75) is 75.9 Å². The lowest BCUT2D eigenvalue weighted by atomic mass is 9.84. The summed E-state index contributed by atoms with van der Waals surface area (Å²) in [7, 11) is -1.16. The number of aromatic nitrogens is 3. The van der Waals surface area contributed by atoms with Crippen LogP contribution in [-0.2, 0) is 16.5 Å². The molecule has 0 N–H and O–H groups in total. The van der Waals surface area contributed by atoms with Gasteiger partial charge in [-0.3, -0.25) is 9.19 Å². The lowest BCUT2D eigenvalue weighted by Gasteiger charge is -2.46. The zero-order valence-corrected chi connectivity index (χ0v) is 24.5. The van der Waals surface area contributed by atoms with Crippen molar-refractivity contribution in [3.05, 3.63) is 59.7 Å². The summed E-state index contributed by atoms with van der Waals surface area (Å²) in [4.78, 5) is 6.77. The van der Waals surface area contributed by atoms with Crippen LogP contribution in [0.2, 0.25) is 0 Å². The predicted molar refractivity (Wildman–Crippen MR) is 154 cm³/mol. The minimum atomic E-state index is -4.12. The largest absolute Gasteiger partial charge is 0.415 e. The molecule has 0 atom stereocenters. The number of thiol groups is 1. The highest BCUT2D eigenvalue weighted by molar-refractivity contribution is 8.23. The van der Waals surface area contributed by atoms with Gasteiger partial charge in [0.05, 0.1) is 23.7 Å². The standard InChI is InChI=1S/C28H35BF5N5O2S/c1-18-3-2-4-23(15-18)39(17-21-8-5-19(16-35-21)26-36-37-27(41-26)25(30)31)42(29,40)24-11-13-38(14-12-24)22-9-6-20(7-10-22)28(32,33)34/h2-5,8,15-16,20,22,24-25,42H,6-7,9-14,17,29H2,1H3/t20-,22-. The number of halogens is 5. The van der Waals surface area contributed by atoms with Crippen molar-refractivity contribution >= 4 is 22.8 Å². The van der Waals surface area contributed by atoms with Crippen LogP contribution in [-0.4, -0.2) is 62.0 Å². The van der Waals surface area contributed by atoms with Crippen LogP contribution in [0.15, 0.2) is 47.0 Å². The van der Waals surface area contributed by atoms with E-state index in [9.17, 15) is 26.2 Å². The number of benzene rings is 1. The van der Waals surface area contributed by atoms with Crippen molar-refractivity contribution in [1.82, 2.24) is 20.1 Å². The van der Waals surface area contributed by atoms with Gasteiger partial charge in [0.15, 0.2) is 0 Å². The van der Waals surface area contributed by atoms with Gasteiger partial charge >= 0.3 is 12.6 Å². The van der Waals surface area contributed by atoms with Gasteiger partial charge in [-0.15, -0.1) is 10.2 Å². The molecule has 1 aliphatic heterocycles. The average Bonchev–Trinajstić information content (AvgIpc) is 3.47. The molecular weight excluding hydrogens is 576 g/mol. The molecule has 1 aromatic carbocycles. The number of piperidine rings is 1. The first-order chi connectivity index (χ1) is 19.9. The Morgan fingerprint density at radius 2 is 1.79 bits per heavy atom. The number of aryl methyl sites for hydroxylation is 1. The minimum Gasteiger partial charge on any atom is -0.415 e. The summed E-state index contributed by atoms with van der Waals surface area (Å²) in [6.07, 6.45) is -2.68. The molecule has 2 fully saturated rings. The Morgan fingerprint density at radius 3 is 2.36 bits per heavy atom. The van der Waals surface area contributed by atoms with Crippen LogP contribution in [0, 0.1) is 12.8 Å². The van der Waals surface area contributed by atoms with Gasteiger partial charge in [0.2, 0.25) is 13.0 Å². The van der Waals surface area contributed by atoms with Crippen LogP contribution in [0.5, 0.6) is 0 Å². The maximum Gasteiger partial charge on any atom is 0.391 e. The molecule has 1 aliphatic carbocycles.